The van der Waals surface area contributed by atoms with Gasteiger partial charge in [0.2, 0.25) is 0 Å². The second-order valence-electron chi connectivity index (χ2n) is 7.25. The number of hydrogen-bond donors (Lipinski definition) is 1. The lowest BCUT2D eigenvalue weighted by atomic mass is 10.1. The van der Waals surface area contributed by atoms with Crippen molar-refractivity contribution in [1.82, 2.24) is 30.1 Å². The Morgan fingerprint density at radius 3 is 2.62 bits per heavy atom. The third-order valence-corrected chi connectivity index (χ3v) is 5.27. The van der Waals surface area contributed by atoms with E-state index >= 15 is 0 Å². The molecule has 3 rings (SSSR count). The molecule has 0 aromatic carbocycles. The predicted octanol–water partition coefficient (Wildman–Crippen LogP) is 1.24. The molecule has 29 heavy (non-hydrogen) atoms. The van der Waals surface area contributed by atoms with Crippen LogP contribution in [0.15, 0.2) is 0 Å². The summed E-state index contributed by atoms with van der Waals surface area (Å²) in [5.74, 6) is -2.53. The Labute approximate surface area is 166 Å². The lowest BCUT2D eigenvalue weighted by molar-refractivity contribution is -0.194. The van der Waals surface area contributed by atoms with E-state index < -0.39 is 24.3 Å². The third kappa shape index (κ3) is 5.24. The molecule has 0 spiro atoms. The van der Waals surface area contributed by atoms with Crippen LogP contribution in [0.4, 0.5) is 18.0 Å². The molecule has 1 aromatic rings. The Morgan fingerprint density at radius 2 is 1.93 bits per heavy atom. The zero-order chi connectivity index (χ0) is 21.0. The molecule has 0 aliphatic carbocycles. The Balaban J connectivity index is 1.64. The molecular weight excluding hydrogens is 393 g/mol. The number of carbonyl (C=O) groups is 2. The number of aromatic nitrogens is 3. The number of nitrogens with zero attached hydrogens (tertiary/aromatic N) is 5. The van der Waals surface area contributed by atoms with Crippen LogP contribution in [-0.4, -0.2) is 82.3 Å². The highest BCUT2D eigenvalue weighted by Crippen LogP contribution is 2.25. The fourth-order valence-electron chi connectivity index (χ4n) is 3.71. The number of aryl methyl sites for hydroxylation is 1. The lowest BCUT2D eigenvalue weighted by Crippen LogP contribution is -2.50. The van der Waals surface area contributed by atoms with E-state index in [1.54, 1.807) is 4.68 Å². The summed E-state index contributed by atoms with van der Waals surface area (Å²) in [6.07, 6.45) is -3.21. The normalized spacial score (nSPS) is 20.8. The van der Waals surface area contributed by atoms with Crippen molar-refractivity contribution in [2.45, 2.75) is 44.9 Å². The molecule has 0 bridgehead atoms. The molecule has 2 saturated heterocycles. The fourth-order valence-corrected chi connectivity index (χ4v) is 3.71. The highest BCUT2D eigenvalue weighted by molar-refractivity contribution is 5.88. The number of nitrogens with one attached hydrogen (secondary N) is 1. The first-order valence-electron chi connectivity index (χ1n) is 9.70. The van der Waals surface area contributed by atoms with Crippen LogP contribution in [0.3, 0.4) is 0 Å². The second-order valence-corrected chi connectivity index (χ2v) is 7.25. The zero-order valence-electron chi connectivity index (χ0n) is 16.2. The first kappa shape index (κ1) is 21.5. The van der Waals surface area contributed by atoms with Gasteiger partial charge in [-0.25, -0.2) is 14.3 Å². The van der Waals surface area contributed by atoms with Crippen LogP contribution in [0.2, 0.25) is 0 Å². The van der Waals surface area contributed by atoms with Gasteiger partial charge in [0, 0.05) is 26.2 Å². The molecule has 1 atom stereocenters. The summed E-state index contributed by atoms with van der Waals surface area (Å²) in [4.78, 5) is 26.7. The van der Waals surface area contributed by atoms with E-state index in [1.165, 1.54) is 12.8 Å². The van der Waals surface area contributed by atoms with Gasteiger partial charge in [-0.1, -0.05) is 5.21 Å². The number of amides is 1. The van der Waals surface area contributed by atoms with Crippen LogP contribution in [0.25, 0.3) is 0 Å². The van der Waals surface area contributed by atoms with E-state index in [0.717, 1.165) is 36.6 Å². The summed E-state index contributed by atoms with van der Waals surface area (Å²) < 4.78 is 43.0. The molecule has 2 fully saturated rings. The molecule has 162 valence electrons. The predicted molar refractivity (Wildman–Crippen MR) is 94.9 cm³/mol. The van der Waals surface area contributed by atoms with Crippen molar-refractivity contribution in [3.8, 4) is 0 Å². The van der Waals surface area contributed by atoms with Gasteiger partial charge in [-0.2, -0.15) is 13.2 Å². The van der Waals surface area contributed by atoms with Gasteiger partial charge >= 0.3 is 18.2 Å². The van der Waals surface area contributed by atoms with Crippen molar-refractivity contribution in [3.63, 3.8) is 0 Å². The van der Waals surface area contributed by atoms with E-state index in [0.29, 0.717) is 18.8 Å². The number of esters is 1. The molecule has 2 aliphatic rings. The quantitative estimate of drug-likeness (QED) is 0.568. The summed E-state index contributed by atoms with van der Waals surface area (Å²) in [5, 5.41) is 11.4. The van der Waals surface area contributed by atoms with Crippen LogP contribution < -0.4 is 5.32 Å². The Hall–Kier alpha value is -2.21. The SMILES string of the molecule is Cc1c(C2CNCCN2C(=O)OC(=O)C(F)(F)F)nnn1CCCN1CCCC1. The number of piperazine rings is 1. The van der Waals surface area contributed by atoms with E-state index in [2.05, 4.69) is 25.3 Å². The summed E-state index contributed by atoms with van der Waals surface area (Å²) in [6, 6.07) is -0.662. The first-order chi connectivity index (χ1) is 13.8. The minimum atomic E-state index is -5.23. The number of hydrogen-bond acceptors (Lipinski definition) is 7. The molecule has 1 amide bonds. The average Bonchev–Trinajstić information content (AvgIpc) is 3.31. The monoisotopic (exact) mass is 418 g/mol. The van der Waals surface area contributed by atoms with Crippen molar-refractivity contribution >= 4 is 12.1 Å². The number of likely N-dealkylation sites (tertiary alicyclic amines) is 1. The van der Waals surface area contributed by atoms with E-state index in [-0.39, 0.29) is 13.1 Å². The molecule has 1 aromatic heterocycles. The lowest BCUT2D eigenvalue weighted by Gasteiger charge is -2.34. The summed E-state index contributed by atoms with van der Waals surface area (Å²) in [6.45, 7) is 6.41. The zero-order valence-corrected chi connectivity index (χ0v) is 16.2. The Kier molecular flexibility index (Phi) is 6.73. The highest BCUT2D eigenvalue weighted by Gasteiger charge is 2.44. The molecule has 2 aliphatic heterocycles. The van der Waals surface area contributed by atoms with Gasteiger partial charge in [0.05, 0.1) is 11.7 Å². The van der Waals surface area contributed by atoms with E-state index in [1.807, 2.05) is 6.92 Å². The maximum Gasteiger partial charge on any atom is 0.491 e. The Morgan fingerprint density at radius 1 is 1.21 bits per heavy atom. The number of ether oxygens (including phenoxy) is 1. The van der Waals surface area contributed by atoms with Crippen molar-refractivity contribution in [2.24, 2.45) is 0 Å². The number of rotatable bonds is 5. The molecule has 1 unspecified atom stereocenters. The van der Waals surface area contributed by atoms with Crippen molar-refractivity contribution in [2.75, 3.05) is 39.3 Å². The number of alkyl halides is 3. The largest absolute Gasteiger partial charge is 0.491 e. The van der Waals surface area contributed by atoms with Gasteiger partial charge < -0.3 is 15.0 Å². The fraction of sp³-hybridized carbons (Fsp3) is 0.765. The van der Waals surface area contributed by atoms with E-state index in [9.17, 15) is 22.8 Å². The molecule has 0 radical (unpaired) electrons. The summed E-state index contributed by atoms with van der Waals surface area (Å²) >= 11 is 0. The van der Waals surface area contributed by atoms with Crippen LogP contribution in [0, 0.1) is 6.92 Å². The maximum absolute atomic E-state index is 12.4. The minimum Gasteiger partial charge on any atom is -0.369 e. The van der Waals surface area contributed by atoms with Crippen LogP contribution >= 0.6 is 0 Å². The van der Waals surface area contributed by atoms with Crippen LogP contribution in [-0.2, 0) is 16.1 Å². The minimum absolute atomic E-state index is 0.0932. The summed E-state index contributed by atoms with van der Waals surface area (Å²) in [5.41, 5.74) is 1.22. The molecule has 9 nitrogen and oxygen atoms in total. The second kappa shape index (κ2) is 9.08. The number of halogens is 3. The van der Waals surface area contributed by atoms with Gasteiger partial charge in [-0.05, 0) is 45.8 Å². The topological polar surface area (TPSA) is 92.6 Å². The smallest absolute Gasteiger partial charge is 0.369 e. The third-order valence-electron chi connectivity index (χ3n) is 5.27. The van der Waals surface area contributed by atoms with Crippen molar-refractivity contribution in [1.29, 1.82) is 0 Å². The molecule has 0 saturated carbocycles. The maximum atomic E-state index is 12.4. The van der Waals surface area contributed by atoms with Gasteiger partial charge in [-0.3, -0.25) is 4.90 Å². The Bertz CT molecular complexity index is 732. The molecule has 12 heteroatoms. The number of carbonyl (C=O) groups excluding carboxylic acids is 2. The van der Waals surface area contributed by atoms with E-state index in [4.69, 9.17) is 0 Å². The molecule has 1 N–H and O–H groups in total. The molecule has 3 heterocycles. The van der Waals surface area contributed by atoms with Gasteiger partial charge in [0.1, 0.15) is 5.69 Å². The summed E-state index contributed by atoms with van der Waals surface area (Å²) in [7, 11) is 0. The van der Waals surface area contributed by atoms with Gasteiger partial charge in [-0.15, -0.1) is 5.10 Å². The van der Waals surface area contributed by atoms with Crippen molar-refractivity contribution < 1.29 is 27.5 Å². The van der Waals surface area contributed by atoms with Gasteiger partial charge in [0.25, 0.3) is 0 Å². The van der Waals surface area contributed by atoms with Gasteiger partial charge in [0.15, 0.2) is 0 Å². The highest BCUT2D eigenvalue weighted by atomic mass is 19.4. The first-order valence-corrected chi connectivity index (χ1v) is 9.70. The van der Waals surface area contributed by atoms with Crippen LogP contribution in [0.5, 0.6) is 0 Å². The molecular formula is C17H25F3N6O3. The average molecular weight is 418 g/mol. The van der Waals surface area contributed by atoms with Crippen LogP contribution in [0.1, 0.15) is 36.7 Å². The standard InChI is InChI=1S/C17H25F3N6O3/c1-12-14(22-23-26(12)9-4-8-24-6-2-3-7-24)13-11-21-5-10-25(13)16(28)29-15(27)17(18,19)20/h13,21H,2-11H2,1H3. The van der Waals surface area contributed by atoms with Crippen molar-refractivity contribution in [3.05, 3.63) is 11.4 Å².